The molecule has 4 unspecified atom stereocenters. The summed E-state index contributed by atoms with van der Waals surface area (Å²) in [7, 11) is 0. The number of aromatic nitrogens is 1. The van der Waals surface area contributed by atoms with E-state index in [0.29, 0.717) is 6.54 Å². The zero-order valence-corrected chi connectivity index (χ0v) is 20.2. The standard InChI is InChI=1S/C22H24N2O7S2/c1-11(25)29-17-10-28-20(19(31-13(3)27)18(17)30-12(2)26)24-16-8-6-5-7-14(16)15-9-23-22(32-4)33-21(15)24/h5-8,17-20H,9-10H2,1-4H3. The van der Waals surface area contributed by atoms with Crippen LogP contribution in [0.5, 0.6) is 0 Å². The molecule has 33 heavy (non-hydrogen) atoms. The quantitative estimate of drug-likeness (QED) is 0.469. The Kier molecular flexibility index (Phi) is 7.01. The predicted octanol–water partition coefficient (Wildman–Crippen LogP) is 3.29. The monoisotopic (exact) mass is 492 g/mol. The number of rotatable bonds is 4. The lowest BCUT2D eigenvalue weighted by Crippen LogP contribution is -2.55. The maximum absolute atomic E-state index is 12.1. The van der Waals surface area contributed by atoms with Crippen LogP contribution < -0.4 is 0 Å². The van der Waals surface area contributed by atoms with E-state index in [1.807, 2.05) is 35.1 Å². The van der Waals surface area contributed by atoms with Crippen LogP contribution in [-0.4, -0.2) is 58.0 Å². The molecule has 4 atom stereocenters. The van der Waals surface area contributed by atoms with Gasteiger partial charge in [-0.15, -0.1) is 11.8 Å². The number of carbonyl (C=O) groups is 3. The van der Waals surface area contributed by atoms with Gasteiger partial charge in [0.2, 0.25) is 0 Å². The van der Waals surface area contributed by atoms with Crippen LogP contribution in [-0.2, 0) is 39.9 Å². The van der Waals surface area contributed by atoms with Crippen molar-refractivity contribution >= 4 is 56.7 Å². The third kappa shape index (κ3) is 4.75. The van der Waals surface area contributed by atoms with Gasteiger partial charge in [-0.2, -0.15) is 0 Å². The van der Waals surface area contributed by atoms with Crippen LogP contribution in [0.4, 0.5) is 0 Å². The molecule has 3 heterocycles. The zero-order valence-electron chi connectivity index (χ0n) is 18.6. The first kappa shape index (κ1) is 23.7. The Hall–Kier alpha value is -2.50. The fourth-order valence-corrected chi connectivity index (χ4v) is 5.79. The molecule has 0 spiro atoms. The number of hydrogen-bond donors (Lipinski definition) is 0. The summed E-state index contributed by atoms with van der Waals surface area (Å²) in [5, 5.41) is 1.94. The molecule has 0 aliphatic carbocycles. The van der Waals surface area contributed by atoms with E-state index in [0.717, 1.165) is 25.9 Å². The van der Waals surface area contributed by atoms with Crippen molar-refractivity contribution < 1.29 is 33.3 Å². The second-order valence-corrected chi connectivity index (χ2v) is 9.61. The summed E-state index contributed by atoms with van der Waals surface area (Å²) < 4.78 is 25.6. The minimum Gasteiger partial charge on any atom is -0.456 e. The van der Waals surface area contributed by atoms with Crippen molar-refractivity contribution in [2.24, 2.45) is 4.99 Å². The largest absolute Gasteiger partial charge is 0.456 e. The van der Waals surface area contributed by atoms with Crippen molar-refractivity contribution in [3.63, 3.8) is 0 Å². The summed E-state index contributed by atoms with van der Waals surface area (Å²) in [5.41, 5.74) is 1.92. The Balaban J connectivity index is 1.84. The molecule has 1 aromatic heterocycles. The molecule has 1 fully saturated rings. The van der Waals surface area contributed by atoms with Crippen LogP contribution in [0.15, 0.2) is 34.3 Å². The molecule has 0 N–H and O–H groups in total. The number of thioether (sulfide) groups is 2. The minimum absolute atomic E-state index is 0.0324. The Morgan fingerprint density at radius 2 is 1.73 bits per heavy atom. The van der Waals surface area contributed by atoms with Crippen LogP contribution in [0, 0.1) is 0 Å². The molecule has 11 heteroatoms. The van der Waals surface area contributed by atoms with Crippen LogP contribution in [0.1, 0.15) is 32.6 Å². The summed E-state index contributed by atoms with van der Waals surface area (Å²) in [4.78, 5) is 40.3. The van der Waals surface area contributed by atoms with Crippen molar-refractivity contribution in [1.29, 1.82) is 0 Å². The number of ether oxygens (including phenoxy) is 4. The highest BCUT2D eigenvalue weighted by Gasteiger charge is 2.48. The van der Waals surface area contributed by atoms with Crippen LogP contribution in [0.3, 0.4) is 0 Å². The molecule has 0 amide bonds. The van der Waals surface area contributed by atoms with Gasteiger partial charge in [-0.25, -0.2) is 0 Å². The molecule has 0 radical (unpaired) electrons. The Morgan fingerprint density at radius 3 is 2.39 bits per heavy atom. The second-order valence-electron chi connectivity index (χ2n) is 7.58. The Labute approximate surface area is 199 Å². The summed E-state index contributed by atoms with van der Waals surface area (Å²) in [6.07, 6.45) is -1.84. The van der Waals surface area contributed by atoms with Gasteiger partial charge in [0.15, 0.2) is 24.5 Å². The van der Waals surface area contributed by atoms with Gasteiger partial charge in [-0.05, 0) is 24.1 Å². The van der Waals surface area contributed by atoms with Crippen LogP contribution >= 0.6 is 23.5 Å². The third-order valence-electron chi connectivity index (χ3n) is 5.27. The maximum atomic E-state index is 12.1. The number of hydrogen-bond acceptors (Lipinski definition) is 10. The van der Waals surface area contributed by atoms with E-state index in [9.17, 15) is 14.4 Å². The molecule has 9 nitrogen and oxygen atoms in total. The summed E-state index contributed by atoms with van der Waals surface area (Å²) in [5.74, 6) is -1.71. The number of fused-ring (bicyclic) bond motifs is 3. The van der Waals surface area contributed by atoms with Crippen molar-refractivity contribution in [3.8, 4) is 0 Å². The number of para-hydroxylation sites is 1. The van der Waals surface area contributed by atoms with Gasteiger partial charge in [0.25, 0.3) is 0 Å². The van der Waals surface area contributed by atoms with Gasteiger partial charge in [-0.1, -0.05) is 18.2 Å². The van der Waals surface area contributed by atoms with Gasteiger partial charge >= 0.3 is 17.9 Å². The van der Waals surface area contributed by atoms with E-state index >= 15 is 0 Å². The van der Waals surface area contributed by atoms with E-state index in [4.69, 9.17) is 18.9 Å². The molecule has 2 aliphatic rings. The fraction of sp³-hybridized carbons (Fsp3) is 0.455. The molecule has 4 rings (SSSR count). The third-order valence-corrected chi connectivity index (χ3v) is 7.44. The van der Waals surface area contributed by atoms with E-state index < -0.39 is 42.4 Å². The average molecular weight is 493 g/mol. The molecule has 0 bridgehead atoms. The second kappa shape index (κ2) is 9.78. The topological polar surface area (TPSA) is 105 Å². The number of nitrogens with zero attached hydrogens (tertiary/aromatic N) is 2. The lowest BCUT2D eigenvalue weighted by Gasteiger charge is -2.41. The highest BCUT2D eigenvalue weighted by molar-refractivity contribution is 8.38. The maximum Gasteiger partial charge on any atom is 0.303 e. The summed E-state index contributed by atoms with van der Waals surface area (Å²) >= 11 is 3.06. The fourth-order valence-electron chi connectivity index (χ4n) is 4.13. The van der Waals surface area contributed by atoms with Gasteiger partial charge < -0.3 is 23.5 Å². The lowest BCUT2D eigenvalue weighted by atomic mass is 10.0. The van der Waals surface area contributed by atoms with Gasteiger partial charge in [-0.3, -0.25) is 19.4 Å². The molecule has 1 aromatic carbocycles. The van der Waals surface area contributed by atoms with E-state index in [1.54, 1.807) is 11.8 Å². The summed E-state index contributed by atoms with van der Waals surface area (Å²) in [6.45, 7) is 4.27. The first-order chi connectivity index (χ1) is 15.8. The number of carbonyl (C=O) groups excluding carboxylic acids is 3. The minimum atomic E-state index is -1.04. The molecule has 2 aromatic rings. The van der Waals surface area contributed by atoms with Gasteiger partial charge in [0, 0.05) is 31.7 Å². The lowest BCUT2D eigenvalue weighted by molar-refractivity contribution is -0.240. The van der Waals surface area contributed by atoms with E-state index in [-0.39, 0.29) is 6.61 Å². The number of esters is 3. The molecular weight excluding hydrogens is 468 g/mol. The van der Waals surface area contributed by atoms with Crippen molar-refractivity contribution in [2.45, 2.75) is 56.9 Å². The zero-order chi connectivity index (χ0) is 23.7. The van der Waals surface area contributed by atoms with Crippen LogP contribution in [0.2, 0.25) is 0 Å². The average Bonchev–Trinajstić information content (AvgIpc) is 3.08. The Morgan fingerprint density at radius 1 is 1.06 bits per heavy atom. The molecule has 1 saturated heterocycles. The van der Waals surface area contributed by atoms with E-state index in [2.05, 4.69) is 4.99 Å². The first-order valence-electron chi connectivity index (χ1n) is 10.3. The summed E-state index contributed by atoms with van der Waals surface area (Å²) in [6, 6.07) is 7.84. The molecule has 2 aliphatic heterocycles. The highest BCUT2D eigenvalue weighted by atomic mass is 32.2. The highest BCUT2D eigenvalue weighted by Crippen LogP contribution is 2.44. The molecule has 0 saturated carbocycles. The normalized spacial score (nSPS) is 24.5. The predicted molar refractivity (Wildman–Crippen MR) is 124 cm³/mol. The van der Waals surface area contributed by atoms with Gasteiger partial charge in [0.1, 0.15) is 4.38 Å². The molecule has 176 valence electrons. The number of aliphatic imine (C=N–C) groups is 1. The van der Waals surface area contributed by atoms with Gasteiger partial charge in [0.05, 0.1) is 23.7 Å². The van der Waals surface area contributed by atoms with Crippen molar-refractivity contribution in [2.75, 3.05) is 12.9 Å². The van der Waals surface area contributed by atoms with Crippen molar-refractivity contribution in [3.05, 3.63) is 29.8 Å². The SMILES string of the molecule is CSC1=NCc2c(n(C3OCC(OC(C)=O)C(OC(C)=O)C3OC(C)=O)c3ccccc23)S1. The van der Waals surface area contributed by atoms with E-state index in [1.165, 1.54) is 32.5 Å². The van der Waals surface area contributed by atoms with Crippen LogP contribution in [0.25, 0.3) is 10.9 Å². The Bertz CT molecular complexity index is 1130. The van der Waals surface area contributed by atoms with Crippen molar-refractivity contribution in [1.82, 2.24) is 4.57 Å². The smallest absolute Gasteiger partial charge is 0.303 e. The number of benzene rings is 1. The molecular formula is C22H24N2O7S2. The first-order valence-corrected chi connectivity index (χ1v) is 12.4.